The summed E-state index contributed by atoms with van der Waals surface area (Å²) in [5.41, 5.74) is 4.63. The molecular formula is C20H20F6N4O3. The molecule has 1 aromatic heterocycles. The van der Waals surface area contributed by atoms with Crippen molar-refractivity contribution in [3.8, 4) is 0 Å². The van der Waals surface area contributed by atoms with Gasteiger partial charge >= 0.3 is 12.1 Å². The highest BCUT2D eigenvalue weighted by Crippen LogP contribution is 2.38. The fourth-order valence-corrected chi connectivity index (χ4v) is 4.04. The summed E-state index contributed by atoms with van der Waals surface area (Å²) < 4.78 is 81.2. The van der Waals surface area contributed by atoms with E-state index in [9.17, 15) is 41.0 Å². The molecule has 0 spiro atoms. The molecule has 2 aromatic rings. The van der Waals surface area contributed by atoms with Crippen LogP contribution in [0.1, 0.15) is 53.4 Å². The van der Waals surface area contributed by atoms with Gasteiger partial charge in [-0.05, 0) is 24.5 Å². The number of hydrogen-bond acceptors (Lipinski definition) is 4. The Kier molecular flexibility index (Phi) is 6.73. The Bertz CT molecular complexity index is 1080. The minimum absolute atomic E-state index is 0.0993. The van der Waals surface area contributed by atoms with E-state index in [-0.39, 0.29) is 43.6 Å². The molecule has 1 aromatic carbocycles. The van der Waals surface area contributed by atoms with Crippen LogP contribution in [-0.2, 0) is 23.9 Å². The maximum atomic E-state index is 13.9. The minimum Gasteiger partial charge on any atom is -0.476 e. The molecule has 1 aliphatic heterocycles. The number of alkyl halides is 3. The van der Waals surface area contributed by atoms with Crippen molar-refractivity contribution >= 4 is 11.9 Å². The van der Waals surface area contributed by atoms with Crippen molar-refractivity contribution in [1.29, 1.82) is 0 Å². The largest absolute Gasteiger partial charge is 0.476 e. The van der Waals surface area contributed by atoms with E-state index in [0.717, 1.165) is 4.57 Å². The standard InChI is InChI=1S/C20H20F6N4O3/c1-2-14-17-16(18(32)33)28-19(20(24,25)26)30(17)4-3-29(14)15(31)7-10(27)5-9-6-12(22)13(23)8-11(9)21/h6,8,10,14H,2-5,7,27H2,1H3,(H,32,33)/t10-,14?/m1/s1. The highest BCUT2D eigenvalue weighted by atomic mass is 19.4. The average Bonchev–Trinajstić information content (AvgIpc) is 3.11. The number of hydrogen-bond donors (Lipinski definition) is 2. The van der Waals surface area contributed by atoms with Gasteiger partial charge in [-0.2, -0.15) is 13.2 Å². The molecule has 3 rings (SSSR count). The highest BCUT2D eigenvalue weighted by molar-refractivity contribution is 5.87. The third-order valence-corrected chi connectivity index (χ3v) is 5.43. The zero-order valence-corrected chi connectivity index (χ0v) is 17.3. The van der Waals surface area contributed by atoms with Gasteiger partial charge in [0.1, 0.15) is 5.82 Å². The van der Waals surface area contributed by atoms with Gasteiger partial charge in [-0.15, -0.1) is 0 Å². The zero-order valence-electron chi connectivity index (χ0n) is 17.3. The van der Waals surface area contributed by atoms with Gasteiger partial charge < -0.3 is 20.3 Å². The van der Waals surface area contributed by atoms with E-state index in [0.29, 0.717) is 12.1 Å². The third kappa shape index (κ3) is 4.82. The summed E-state index contributed by atoms with van der Waals surface area (Å²) in [6.45, 7) is 1.08. The van der Waals surface area contributed by atoms with Gasteiger partial charge in [0.2, 0.25) is 11.7 Å². The number of carboxylic acids is 1. The second-order valence-corrected chi connectivity index (χ2v) is 7.66. The lowest BCUT2D eigenvalue weighted by molar-refractivity contribution is -0.148. The van der Waals surface area contributed by atoms with Crippen molar-refractivity contribution in [2.24, 2.45) is 5.73 Å². The number of nitrogens with two attached hydrogens (primary N) is 1. The number of carbonyl (C=O) groups excluding carboxylic acids is 1. The summed E-state index contributed by atoms with van der Waals surface area (Å²) >= 11 is 0. The second-order valence-electron chi connectivity index (χ2n) is 7.66. The number of aromatic nitrogens is 2. The average molecular weight is 478 g/mol. The van der Waals surface area contributed by atoms with Crippen molar-refractivity contribution in [3.63, 3.8) is 0 Å². The topological polar surface area (TPSA) is 101 Å². The Hall–Kier alpha value is -3.09. The molecule has 33 heavy (non-hydrogen) atoms. The van der Waals surface area contributed by atoms with Gasteiger partial charge in [-0.1, -0.05) is 6.92 Å². The minimum atomic E-state index is -4.89. The third-order valence-electron chi connectivity index (χ3n) is 5.43. The van der Waals surface area contributed by atoms with Gasteiger partial charge in [-0.25, -0.2) is 22.9 Å². The maximum absolute atomic E-state index is 13.9. The number of nitrogens with zero attached hydrogens (tertiary/aromatic N) is 3. The molecule has 3 N–H and O–H groups in total. The second kappa shape index (κ2) is 9.04. The van der Waals surface area contributed by atoms with Crippen LogP contribution in [-0.4, -0.2) is 44.0 Å². The summed E-state index contributed by atoms with van der Waals surface area (Å²) in [7, 11) is 0. The number of carboxylic acid groups (broad SMARTS) is 1. The van der Waals surface area contributed by atoms with E-state index in [1.807, 2.05) is 0 Å². The normalized spacial score (nSPS) is 17.1. The van der Waals surface area contributed by atoms with E-state index in [2.05, 4.69) is 4.98 Å². The number of amides is 1. The van der Waals surface area contributed by atoms with Gasteiger partial charge in [0.25, 0.3) is 0 Å². The fourth-order valence-electron chi connectivity index (χ4n) is 4.04. The molecule has 0 aliphatic carbocycles. The maximum Gasteiger partial charge on any atom is 0.449 e. The predicted octanol–water partition coefficient (Wildman–Crippen LogP) is 3.27. The quantitative estimate of drug-likeness (QED) is 0.490. The molecule has 1 unspecified atom stereocenters. The van der Waals surface area contributed by atoms with Gasteiger partial charge in [0.15, 0.2) is 17.3 Å². The predicted molar refractivity (Wildman–Crippen MR) is 102 cm³/mol. The fraction of sp³-hybridized carbons (Fsp3) is 0.450. The molecule has 1 aliphatic rings. The monoisotopic (exact) mass is 478 g/mol. The molecule has 1 amide bonds. The van der Waals surface area contributed by atoms with Crippen LogP contribution in [0.15, 0.2) is 12.1 Å². The zero-order chi connectivity index (χ0) is 24.7. The van der Waals surface area contributed by atoms with Gasteiger partial charge in [0, 0.05) is 31.6 Å². The molecule has 0 fully saturated rings. The van der Waals surface area contributed by atoms with E-state index >= 15 is 0 Å². The van der Waals surface area contributed by atoms with Crippen molar-refractivity contribution in [2.45, 2.75) is 51.0 Å². The van der Waals surface area contributed by atoms with Crippen LogP contribution in [0.25, 0.3) is 0 Å². The molecular weight excluding hydrogens is 458 g/mol. The van der Waals surface area contributed by atoms with Crippen LogP contribution in [0.4, 0.5) is 26.3 Å². The van der Waals surface area contributed by atoms with Gasteiger partial charge in [-0.3, -0.25) is 4.79 Å². The van der Waals surface area contributed by atoms with E-state index < -0.39 is 59.1 Å². The molecule has 0 saturated heterocycles. The lowest BCUT2D eigenvalue weighted by Crippen LogP contribution is -2.45. The lowest BCUT2D eigenvalue weighted by atomic mass is 10.00. The molecule has 13 heteroatoms. The van der Waals surface area contributed by atoms with E-state index in [4.69, 9.17) is 5.73 Å². The number of halogens is 6. The number of carbonyl (C=O) groups is 2. The molecule has 7 nitrogen and oxygen atoms in total. The molecule has 2 atom stereocenters. The summed E-state index contributed by atoms with van der Waals surface area (Å²) in [5, 5.41) is 9.38. The number of benzene rings is 1. The Morgan fingerprint density at radius 3 is 2.39 bits per heavy atom. The Balaban J connectivity index is 1.84. The van der Waals surface area contributed by atoms with Crippen molar-refractivity contribution < 1.29 is 41.0 Å². The first-order valence-electron chi connectivity index (χ1n) is 9.94. The van der Waals surface area contributed by atoms with Crippen LogP contribution in [0.5, 0.6) is 0 Å². The Morgan fingerprint density at radius 1 is 1.18 bits per heavy atom. The lowest BCUT2D eigenvalue weighted by Gasteiger charge is -2.37. The van der Waals surface area contributed by atoms with Crippen molar-refractivity contribution in [2.75, 3.05) is 6.54 Å². The molecule has 180 valence electrons. The molecule has 0 bridgehead atoms. The first-order chi connectivity index (χ1) is 15.3. The van der Waals surface area contributed by atoms with E-state index in [1.54, 1.807) is 6.92 Å². The van der Waals surface area contributed by atoms with Crippen LogP contribution < -0.4 is 5.73 Å². The van der Waals surface area contributed by atoms with Gasteiger partial charge in [0.05, 0.1) is 11.7 Å². The number of aromatic carboxylic acids is 1. The first kappa shape index (κ1) is 24.6. The number of imidazole rings is 1. The molecule has 2 heterocycles. The van der Waals surface area contributed by atoms with Crippen LogP contribution in [0.3, 0.4) is 0 Å². The van der Waals surface area contributed by atoms with Crippen molar-refractivity contribution in [3.05, 3.63) is 52.4 Å². The molecule has 0 radical (unpaired) electrons. The van der Waals surface area contributed by atoms with Crippen LogP contribution in [0, 0.1) is 17.5 Å². The smallest absolute Gasteiger partial charge is 0.449 e. The van der Waals surface area contributed by atoms with Crippen LogP contribution in [0.2, 0.25) is 0 Å². The Labute approximate surface area is 183 Å². The van der Waals surface area contributed by atoms with Crippen molar-refractivity contribution in [1.82, 2.24) is 14.5 Å². The number of rotatable bonds is 6. The summed E-state index contributed by atoms with van der Waals surface area (Å²) in [6.07, 6.45) is -5.46. The summed E-state index contributed by atoms with van der Waals surface area (Å²) in [5.74, 6) is -7.30. The number of fused-ring (bicyclic) bond motifs is 1. The summed E-state index contributed by atoms with van der Waals surface area (Å²) in [4.78, 5) is 28.9. The van der Waals surface area contributed by atoms with E-state index in [1.165, 1.54) is 4.90 Å². The highest BCUT2D eigenvalue weighted by Gasteiger charge is 2.44. The summed E-state index contributed by atoms with van der Waals surface area (Å²) in [6, 6.07) is -1.01. The first-order valence-corrected chi connectivity index (χ1v) is 9.94. The SMILES string of the molecule is CCC1c2c(C(=O)O)nc(C(F)(F)F)n2CCN1C(=O)C[C@H](N)Cc1cc(F)c(F)cc1F. The van der Waals surface area contributed by atoms with Crippen LogP contribution >= 0.6 is 0 Å². The Morgan fingerprint density at radius 2 is 1.82 bits per heavy atom. The molecule has 0 saturated carbocycles.